The molecule has 0 aliphatic rings. The van der Waals surface area contributed by atoms with Gasteiger partial charge in [0.2, 0.25) is 0 Å². The van der Waals surface area contributed by atoms with E-state index in [1.807, 2.05) is 6.92 Å². The summed E-state index contributed by atoms with van der Waals surface area (Å²) in [5.41, 5.74) is 7.05. The quantitative estimate of drug-likeness (QED) is 0.807. The SMILES string of the molecule is Cc1ccc(NCC(F)(F)F)c(C(N)=S)c1. The molecule has 0 saturated carbocycles. The third-order valence-electron chi connectivity index (χ3n) is 1.92. The molecule has 0 heterocycles. The molecule has 0 aromatic heterocycles. The van der Waals surface area contributed by atoms with Crippen LogP contribution >= 0.6 is 12.2 Å². The zero-order valence-electron chi connectivity index (χ0n) is 8.56. The summed E-state index contributed by atoms with van der Waals surface area (Å²) < 4.78 is 36.1. The molecular weight excluding hydrogens is 237 g/mol. The zero-order valence-corrected chi connectivity index (χ0v) is 9.38. The molecule has 88 valence electrons. The summed E-state index contributed by atoms with van der Waals surface area (Å²) in [6.45, 7) is 0.709. The first kappa shape index (κ1) is 12.8. The Morgan fingerprint density at radius 2 is 2.06 bits per heavy atom. The molecule has 1 aromatic rings. The number of hydrogen-bond donors (Lipinski definition) is 2. The predicted octanol–water partition coefficient (Wildman–Crippen LogP) is 2.60. The molecule has 0 aliphatic carbocycles. The average Bonchev–Trinajstić information content (AvgIpc) is 2.14. The average molecular weight is 248 g/mol. The van der Waals surface area contributed by atoms with Crippen LogP contribution in [0.25, 0.3) is 0 Å². The number of anilines is 1. The minimum atomic E-state index is -4.27. The second kappa shape index (κ2) is 4.69. The molecule has 0 radical (unpaired) electrons. The van der Waals surface area contributed by atoms with Gasteiger partial charge in [0, 0.05) is 11.3 Å². The molecule has 16 heavy (non-hydrogen) atoms. The first-order valence-electron chi connectivity index (χ1n) is 4.50. The molecule has 1 rings (SSSR count). The third-order valence-corrected chi connectivity index (χ3v) is 2.14. The molecule has 0 amide bonds. The van der Waals surface area contributed by atoms with Gasteiger partial charge in [-0.3, -0.25) is 0 Å². The topological polar surface area (TPSA) is 38.0 Å². The number of aryl methyl sites for hydroxylation is 1. The summed E-state index contributed by atoms with van der Waals surface area (Å²) in [6, 6.07) is 4.89. The van der Waals surface area contributed by atoms with Crippen LogP contribution in [0.3, 0.4) is 0 Å². The molecule has 0 unspecified atom stereocenters. The van der Waals surface area contributed by atoms with Crippen LogP contribution in [0.4, 0.5) is 18.9 Å². The molecule has 1 aromatic carbocycles. The van der Waals surface area contributed by atoms with Crippen molar-refractivity contribution in [1.82, 2.24) is 0 Å². The minimum absolute atomic E-state index is 0.0772. The number of alkyl halides is 3. The second-order valence-electron chi connectivity index (χ2n) is 3.38. The number of thiocarbonyl (C=S) groups is 1. The standard InChI is InChI=1S/C10H11F3N2S/c1-6-2-3-8(7(4-6)9(14)16)15-5-10(11,12)13/h2-4,15H,5H2,1H3,(H2,14,16). The maximum absolute atomic E-state index is 12.0. The van der Waals surface area contributed by atoms with Crippen LogP contribution in [0, 0.1) is 6.92 Å². The lowest BCUT2D eigenvalue weighted by Crippen LogP contribution is -2.23. The van der Waals surface area contributed by atoms with Gasteiger partial charge in [0.1, 0.15) is 11.5 Å². The van der Waals surface area contributed by atoms with Crippen molar-refractivity contribution in [2.24, 2.45) is 5.73 Å². The second-order valence-corrected chi connectivity index (χ2v) is 3.82. The molecule has 0 fully saturated rings. The van der Waals surface area contributed by atoms with Crippen molar-refractivity contribution < 1.29 is 13.2 Å². The van der Waals surface area contributed by atoms with Gasteiger partial charge in [0.05, 0.1) is 0 Å². The van der Waals surface area contributed by atoms with Gasteiger partial charge in [-0.1, -0.05) is 23.8 Å². The normalized spacial score (nSPS) is 11.2. The fourth-order valence-electron chi connectivity index (χ4n) is 1.21. The molecule has 0 spiro atoms. The largest absolute Gasteiger partial charge is 0.405 e. The van der Waals surface area contributed by atoms with Gasteiger partial charge in [0.15, 0.2) is 0 Å². The van der Waals surface area contributed by atoms with E-state index in [0.717, 1.165) is 5.56 Å². The van der Waals surface area contributed by atoms with Gasteiger partial charge < -0.3 is 11.1 Å². The molecule has 2 nitrogen and oxygen atoms in total. The van der Waals surface area contributed by atoms with E-state index >= 15 is 0 Å². The molecule has 0 saturated heterocycles. The Kier molecular flexibility index (Phi) is 3.74. The highest BCUT2D eigenvalue weighted by Crippen LogP contribution is 2.20. The highest BCUT2D eigenvalue weighted by Gasteiger charge is 2.27. The van der Waals surface area contributed by atoms with Gasteiger partial charge in [-0.05, 0) is 19.1 Å². The fraction of sp³-hybridized carbons (Fsp3) is 0.300. The smallest absolute Gasteiger partial charge is 0.389 e. The van der Waals surface area contributed by atoms with Crippen LogP contribution in [0.2, 0.25) is 0 Å². The van der Waals surface area contributed by atoms with Gasteiger partial charge in [-0.2, -0.15) is 13.2 Å². The fourth-order valence-corrected chi connectivity index (χ4v) is 1.38. The van der Waals surface area contributed by atoms with Crippen molar-refractivity contribution in [2.45, 2.75) is 13.1 Å². The van der Waals surface area contributed by atoms with E-state index in [9.17, 15) is 13.2 Å². The highest BCUT2D eigenvalue weighted by atomic mass is 32.1. The van der Waals surface area contributed by atoms with Crippen LogP contribution in [-0.4, -0.2) is 17.7 Å². The first-order chi connectivity index (χ1) is 7.29. The van der Waals surface area contributed by atoms with Crippen molar-refractivity contribution in [3.05, 3.63) is 29.3 Å². The monoisotopic (exact) mass is 248 g/mol. The number of nitrogens with one attached hydrogen (secondary N) is 1. The van der Waals surface area contributed by atoms with Gasteiger partial charge in [0.25, 0.3) is 0 Å². The van der Waals surface area contributed by atoms with Crippen molar-refractivity contribution in [3.63, 3.8) is 0 Å². The summed E-state index contributed by atoms with van der Waals surface area (Å²) in [5.74, 6) is 0. The number of nitrogens with two attached hydrogens (primary N) is 1. The lowest BCUT2D eigenvalue weighted by Gasteiger charge is -2.13. The molecule has 3 N–H and O–H groups in total. The lowest BCUT2D eigenvalue weighted by molar-refractivity contribution is -0.115. The molecular formula is C10H11F3N2S. The van der Waals surface area contributed by atoms with E-state index in [2.05, 4.69) is 5.32 Å². The van der Waals surface area contributed by atoms with Gasteiger partial charge >= 0.3 is 6.18 Å². The summed E-state index contributed by atoms with van der Waals surface area (Å²) in [5, 5.41) is 2.27. The predicted molar refractivity (Wildman–Crippen MR) is 61.6 cm³/mol. The Morgan fingerprint density at radius 3 is 2.56 bits per heavy atom. The molecule has 0 atom stereocenters. The summed E-state index contributed by atoms with van der Waals surface area (Å²) >= 11 is 4.77. The van der Waals surface area contributed by atoms with Crippen molar-refractivity contribution in [2.75, 3.05) is 11.9 Å². The Morgan fingerprint density at radius 1 is 1.44 bits per heavy atom. The summed E-state index contributed by atoms with van der Waals surface area (Å²) in [4.78, 5) is 0.0772. The van der Waals surface area contributed by atoms with Crippen LogP contribution in [-0.2, 0) is 0 Å². The van der Waals surface area contributed by atoms with Gasteiger partial charge in [-0.15, -0.1) is 0 Å². The van der Waals surface area contributed by atoms with E-state index < -0.39 is 12.7 Å². The first-order valence-corrected chi connectivity index (χ1v) is 4.91. The third kappa shape index (κ3) is 3.69. The van der Waals surface area contributed by atoms with Crippen LogP contribution in [0.5, 0.6) is 0 Å². The lowest BCUT2D eigenvalue weighted by atomic mass is 10.1. The van der Waals surface area contributed by atoms with Crippen LogP contribution < -0.4 is 11.1 Å². The Bertz CT molecular complexity index is 402. The number of hydrogen-bond acceptors (Lipinski definition) is 2. The van der Waals surface area contributed by atoms with E-state index in [0.29, 0.717) is 11.3 Å². The van der Waals surface area contributed by atoms with E-state index in [-0.39, 0.29) is 4.99 Å². The molecule has 6 heteroatoms. The van der Waals surface area contributed by atoms with Crippen LogP contribution in [0.15, 0.2) is 18.2 Å². The maximum Gasteiger partial charge on any atom is 0.405 e. The Hall–Kier alpha value is -1.30. The van der Waals surface area contributed by atoms with E-state index in [4.69, 9.17) is 18.0 Å². The summed E-state index contributed by atoms with van der Waals surface area (Å²) in [6.07, 6.45) is -4.27. The van der Waals surface area contributed by atoms with Gasteiger partial charge in [-0.25, -0.2) is 0 Å². The highest BCUT2D eigenvalue weighted by molar-refractivity contribution is 7.80. The maximum atomic E-state index is 12.0. The Balaban J connectivity index is 2.91. The van der Waals surface area contributed by atoms with Crippen LogP contribution in [0.1, 0.15) is 11.1 Å². The number of benzene rings is 1. The molecule has 0 aliphatic heterocycles. The number of rotatable bonds is 3. The molecule has 0 bridgehead atoms. The van der Waals surface area contributed by atoms with E-state index in [1.165, 1.54) is 6.07 Å². The van der Waals surface area contributed by atoms with Crippen molar-refractivity contribution >= 4 is 22.9 Å². The number of halogens is 3. The van der Waals surface area contributed by atoms with Crippen molar-refractivity contribution in [3.8, 4) is 0 Å². The summed E-state index contributed by atoms with van der Waals surface area (Å²) in [7, 11) is 0. The zero-order chi connectivity index (χ0) is 12.3. The van der Waals surface area contributed by atoms with Crippen molar-refractivity contribution in [1.29, 1.82) is 0 Å². The van der Waals surface area contributed by atoms with E-state index in [1.54, 1.807) is 12.1 Å². The Labute approximate surface area is 96.6 Å². The minimum Gasteiger partial charge on any atom is -0.389 e.